The Kier molecular flexibility index (Phi) is 6.89. The highest BCUT2D eigenvalue weighted by Crippen LogP contribution is 2.52. The fourth-order valence-electron chi connectivity index (χ4n) is 6.31. The fourth-order valence-corrected chi connectivity index (χ4v) is 6.31. The van der Waals surface area contributed by atoms with Crippen molar-refractivity contribution in [3.05, 3.63) is 75.6 Å². The molecular formula is C31H30N2O8. The van der Waals surface area contributed by atoms with E-state index in [0.717, 1.165) is 0 Å². The average Bonchev–Trinajstić information content (AvgIpc) is 2.94. The number of benzene rings is 2. The second-order valence-electron chi connectivity index (χ2n) is 10.6. The first-order valence-electron chi connectivity index (χ1n) is 13.0. The van der Waals surface area contributed by atoms with Gasteiger partial charge >= 0.3 is 0 Å². The third-order valence-corrected chi connectivity index (χ3v) is 8.22. The van der Waals surface area contributed by atoms with Crippen LogP contribution in [0, 0.1) is 23.7 Å². The van der Waals surface area contributed by atoms with E-state index in [-0.39, 0.29) is 29.7 Å². The third kappa shape index (κ3) is 4.17. The standard InChI is InChI=1S/C31H30N2O8/c1-32-30(39)24-27(36)25(33(2)3)20-14-17-13-19-16(9-8-15-6-5-7-18(12-15)41-4)10-11-21(34)23(19)26(35)22(17)28(37)31(20,40)29(24)38/h5-7,10-12,17,20,25,34-35,38,40H,13-14H2,1-4H3,(H,32,39)/t17-,20-,25-,31-/m0/s1. The quantitative estimate of drug-likeness (QED) is 0.279. The summed E-state index contributed by atoms with van der Waals surface area (Å²) in [5.41, 5.74) is -1.79. The molecule has 0 saturated heterocycles. The Morgan fingerprint density at radius 2 is 1.85 bits per heavy atom. The minimum absolute atomic E-state index is 0.00938. The number of nitrogens with one attached hydrogen (secondary N) is 1. The average molecular weight is 559 g/mol. The van der Waals surface area contributed by atoms with Gasteiger partial charge in [0.25, 0.3) is 5.91 Å². The lowest BCUT2D eigenvalue weighted by Crippen LogP contribution is -2.65. The van der Waals surface area contributed by atoms with Crippen LogP contribution in [0.1, 0.15) is 28.7 Å². The van der Waals surface area contributed by atoms with Gasteiger partial charge in [0.15, 0.2) is 11.4 Å². The third-order valence-electron chi connectivity index (χ3n) is 8.22. The number of amides is 1. The molecule has 0 unspecified atom stereocenters. The Hall–Kier alpha value is -4.59. The van der Waals surface area contributed by atoms with E-state index < -0.39 is 58.0 Å². The number of carbonyl (C=O) groups is 3. The molecule has 5 N–H and O–H groups in total. The van der Waals surface area contributed by atoms with Crippen molar-refractivity contribution in [1.82, 2.24) is 10.2 Å². The summed E-state index contributed by atoms with van der Waals surface area (Å²) in [6.45, 7) is 0. The molecule has 10 heteroatoms. The summed E-state index contributed by atoms with van der Waals surface area (Å²) < 4.78 is 5.25. The highest BCUT2D eigenvalue weighted by atomic mass is 16.5. The Labute approximate surface area is 236 Å². The Morgan fingerprint density at radius 3 is 2.51 bits per heavy atom. The summed E-state index contributed by atoms with van der Waals surface area (Å²) in [6, 6.07) is 9.06. The summed E-state index contributed by atoms with van der Waals surface area (Å²) in [5.74, 6) is 0.467. The van der Waals surface area contributed by atoms with Gasteiger partial charge in [0.05, 0.1) is 18.7 Å². The first kappa shape index (κ1) is 28.0. The predicted octanol–water partition coefficient (Wildman–Crippen LogP) is 1.63. The minimum Gasteiger partial charge on any atom is -0.508 e. The minimum atomic E-state index is -2.64. The van der Waals surface area contributed by atoms with Gasteiger partial charge in [0.1, 0.15) is 28.6 Å². The van der Waals surface area contributed by atoms with Crippen LogP contribution >= 0.6 is 0 Å². The predicted molar refractivity (Wildman–Crippen MR) is 148 cm³/mol. The van der Waals surface area contributed by atoms with Crippen LogP contribution in [0.4, 0.5) is 0 Å². The molecule has 4 atom stereocenters. The molecule has 0 aliphatic heterocycles. The molecular weight excluding hydrogens is 528 g/mol. The van der Waals surface area contributed by atoms with Gasteiger partial charge < -0.3 is 30.5 Å². The zero-order chi connectivity index (χ0) is 29.8. The molecule has 0 spiro atoms. The van der Waals surface area contributed by atoms with Gasteiger partial charge in [-0.1, -0.05) is 17.9 Å². The van der Waals surface area contributed by atoms with E-state index in [1.807, 2.05) is 6.07 Å². The molecule has 1 fully saturated rings. The number of ether oxygens (including phenoxy) is 1. The molecule has 41 heavy (non-hydrogen) atoms. The SMILES string of the molecule is CNC(=O)C1=C(O)[C@@]2(O)C(=O)C3=C(O)c4c(O)ccc(C#Cc5cccc(OC)c5)c4C[C@H]3C[C@H]2[C@H](N(C)C)C1=O. The van der Waals surface area contributed by atoms with Crippen molar-refractivity contribution in [3.63, 3.8) is 0 Å². The number of nitrogens with zero attached hydrogens (tertiary/aromatic N) is 1. The second-order valence-corrected chi connectivity index (χ2v) is 10.6. The lowest BCUT2D eigenvalue weighted by Gasteiger charge is -2.50. The number of likely N-dealkylation sites (N-methyl/N-ethyl adjacent to an activating group) is 2. The van der Waals surface area contributed by atoms with Gasteiger partial charge in [-0.2, -0.15) is 0 Å². The monoisotopic (exact) mass is 558 g/mol. The van der Waals surface area contributed by atoms with Crippen LogP contribution < -0.4 is 10.1 Å². The van der Waals surface area contributed by atoms with Crippen LogP contribution in [0.2, 0.25) is 0 Å². The number of phenolic OH excluding ortho intramolecular Hbond substituents is 1. The van der Waals surface area contributed by atoms with Gasteiger partial charge in [0.2, 0.25) is 5.78 Å². The van der Waals surface area contributed by atoms with Crippen molar-refractivity contribution in [2.75, 3.05) is 28.3 Å². The van der Waals surface area contributed by atoms with Crippen LogP contribution in [0.25, 0.3) is 5.76 Å². The van der Waals surface area contributed by atoms with E-state index >= 15 is 0 Å². The summed E-state index contributed by atoms with van der Waals surface area (Å²) in [7, 11) is 5.98. The number of aliphatic hydroxyl groups is 3. The first-order valence-corrected chi connectivity index (χ1v) is 13.0. The number of aliphatic hydroxyl groups excluding tert-OH is 2. The molecule has 1 saturated carbocycles. The second kappa shape index (κ2) is 10.1. The number of methoxy groups -OCH3 is 1. The van der Waals surface area contributed by atoms with E-state index in [0.29, 0.717) is 22.4 Å². The molecule has 0 aromatic heterocycles. The van der Waals surface area contributed by atoms with Crippen LogP contribution in [-0.2, 0) is 20.8 Å². The molecule has 212 valence electrons. The Balaban J connectivity index is 1.67. The number of aromatic hydroxyl groups is 1. The van der Waals surface area contributed by atoms with E-state index in [4.69, 9.17) is 4.74 Å². The molecule has 0 radical (unpaired) electrons. The summed E-state index contributed by atoms with van der Waals surface area (Å²) >= 11 is 0. The molecule has 1 amide bonds. The largest absolute Gasteiger partial charge is 0.508 e. The number of hydrogen-bond donors (Lipinski definition) is 5. The molecule has 0 heterocycles. The van der Waals surface area contributed by atoms with Crippen molar-refractivity contribution in [1.29, 1.82) is 0 Å². The molecule has 3 aliphatic rings. The molecule has 10 nitrogen and oxygen atoms in total. The van der Waals surface area contributed by atoms with Crippen molar-refractivity contribution < 1.29 is 39.5 Å². The number of carbonyl (C=O) groups excluding carboxylic acids is 3. The van der Waals surface area contributed by atoms with Crippen LogP contribution in [0.5, 0.6) is 11.5 Å². The van der Waals surface area contributed by atoms with Crippen molar-refractivity contribution >= 4 is 23.2 Å². The number of phenols is 1. The van der Waals surface area contributed by atoms with Crippen LogP contribution in [0.15, 0.2) is 53.3 Å². The summed E-state index contributed by atoms with van der Waals surface area (Å²) in [5, 5.41) is 47.3. The maximum Gasteiger partial charge on any atom is 0.258 e. The van der Waals surface area contributed by atoms with Gasteiger partial charge in [-0.15, -0.1) is 0 Å². The molecule has 5 rings (SSSR count). The lowest BCUT2D eigenvalue weighted by atomic mass is 9.57. The molecule has 2 aromatic carbocycles. The van der Waals surface area contributed by atoms with Gasteiger partial charge in [0, 0.05) is 29.7 Å². The maximum atomic E-state index is 14.0. The highest BCUT2D eigenvalue weighted by Gasteiger charge is 2.64. The van der Waals surface area contributed by atoms with Crippen molar-refractivity contribution in [3.8, 4) is 23.3 Å². The van der Waals surface area contributed by atoms with Crippen molar-refractivity contribution in [2.45, 2.75) is 24.5 Å². The number of Topliss-reactive ketones (excluding diaryl/α,β-unsaturated/α-hetero) is 2. The lowest BCUT2D eigenvalue weighted by molar-refractivity contribution is -0.153. The van der Waals surface area contributed by atoms with E-state index in [1.165, 1.54) is 18.0 Å². The first-order chi connectivity index (χ1) is 19.4. The normalized spacial score (nSPS) is 25.2. The summed E-state index contributed by atoms with van der Waals surface area (Å²) in [6.07, 6.45) is 0.198. The zero-order valence-electron chi connectivity index (χ0n) is 23.0. The Morgan fingerprint density at radius 1 is 1.12 bits per heavy atom. The van der Waals surface area contributed by atoms with Gasteiger partial charge in [-0.3, -0.25) is 19.3 Å². The Bertz CT molecular complexity index is 1630. The molecule has 0 bridgehead atoms. The fraction of sp³-hybridized carbons (Fsp3) is 0.323. The zero-order valence-corrected chi connectivity index (χ0v) is 23.0. The van der Waals surface area contributed by atoms with E-state index in [2.05, 4.69) is 17.2 Å². The maximum absolute atomic E-state index is 14.0. The van der Waals surface area contributed by atoms with Gasteiger partial charge in [-0.05, 0) is 68.8 Å². The number of ketones is 2. The smallest absolute Gasteiger partial charge is 0.258 e. The number of rotatable bonds is 3. The number of hydrogen-bond acceptors (Lipinski definition) is 9. The van der Waals surface area contributed by atoms with E-state index in [1.54, 1.807) is 45.5 Å². The number of fused-ring (bicyclic) bond motifs is 3. The van der Waals surface area contributed by atoms with Crippen LogP contribution in [-0.4, -0.2) is 82.7 Å². The molecule has 2 aromatic rings. The van der Waals surface area contributed by atoms with Crippen molar-refractivity contribution in [2.24, 2.45) is 11.8 Å². The molecule has 3 aliphatic carbocycles. The summed E-state index contributed by atoms with van der Waals surface area (Å²) in [4.78, 5) is 41.5. The van der Waals surface area contributed by atoms with Crippen LogP contribution in [0.3, 0.4) is 0 Å². The topological polar surface area (TPSA) is 157 Å². The van der Waals surface area contributed by atoms with E-state index in [9.17, 15) is 34.8 Å². The van der Waals surface area contributed by atoms with Gasteiger partial charge in [-0.25, -0.2) is 0 Å². The highest BCUT2D eigenvalue weighted by molar-refractivity contribution is 6.24.